The van der Waals surface area contributed by atoms with Gasteiger partial charge in [-0.25, -0.2) is 9.97 Å². The van der Waals surface area contributed by atoms with Crippen molar-refractivity contribution >= 4 is 96.9 Å². The minimum Gasteiger partial charge on any atom is -0.392 e. The molecule has 2 heterocycles. The van der Waals surface area contributed by atoms with Gasteiger partial charge < -0.3 is 5.11 Å². The van der Waals surface area contributed by atoms with Gasteiger partial charge in [0.25, 0.3) is 0 Å². The number of rotatable bonds is 2. The lowest BCUT2D eigenvalue weighted by Crippen LogP contribution is -1.85. The van der Waals surface area contributed by atoms with E-state index < -0.39 is 5.20 Å². The molecule has 0 aliphatic carbocycles. The molecule has 0 amide bonds. The maximum atomic E-state index is 9.51. The van der Waals surface area contributed by atoms with Crippen molar-refractivity contribution in [2.45, 2.75) is 12.5 Å². The number of nitrogens with zero attached hydrogens (tertiary/aromatic N) is 2. The summed E-state index contributed by atoms with van der Waals surface area (Å²) in [7, 11) is 0. The van der Waals surface area contributed by atoms with Gasteiger partial charge in [-0.15, -0.1) is 11.6 Å². The number of hydrogen-bond donors (Lipinski definition) is 1. The van der Waals surface area contributed by atoms with Crippen LogP contribution in [0.5, 0.6) is 0 Å². The van der Waals surface area contributed by atoms with E-state index >= 15 is 0 Å². The lowest BCUT2D eigenvalue weighted by Gasteiger charge is -1.96. The SMILES string of the molecule is ClCc1cnc(Cl)c(Cl)c1.O=P(Cl)(Cl)Cl.OCc1cnc(Cl)c(Cl)c1. The quantitative estimate of drug-likeness (QED) is 0.246. The van der Waals surface area contributed by atoms with Crippen LogP contribution in [-0.4, -0.2) is 15.1 Å². The summed E-state index contributed by atoms with van der Waals surface area (Å²) in [6.45, 7) is -0.0656. The molecule has 2 aromatic heterocycles. The van der Waals surface area contributed by atoms with Crippen LogP contribution < -0.4 is 0 Å². The van der Waals surface area contributed by atoms with E-state index in [-0.39, 0.29) is 11.8 Å². The Labute approximate surface area is 184 Å². The number of halogens is 8. The van der Waals surface area contributed by atoms with Gasteiger partial charge in [-0.05, 0) is 57.0 Å². The third-order valence-electron chi connectivity index (χ3n) is 2.04. The molecule has 2 rings (SSSR count). The van der Waals surface area contributed by atoms with Crippen LogP contribution in [0.1, 0.15) is 11.1 Å². The summed E-state index contributed by atoms with van der Waals surface area (Å²) in [5.41, 5.74) is 1.53. The molecule has 2 aromatic rings. The molecule has 0 saturated heterocycles. The Bertz CT molecular complexity index is 668. The maximum Gasteiger partial charge on any atom is 0.339 e. The van der Waals surface area contributed by atoms with Crippen molar-refractivity contribution in [3.05, 3.63) is 56.0 Å². The van der Waals surface area contributed by atoms with E-state index in [1.54, 1.807) is 18.3 Å². The van der Waals surface area contributed by atoms with Crippen molar-refractivity contribution in [1.29, 1.82) is 0 Å². The average molecular weight is 528 g/mol. The van der Waals surface area contributed by atoms with Crippen LogP contribution in [0.2, 0.25) is 20.4 Å². The molecule has 13 heteroatoms. The van der Waals surface area contributed by atoms with Crippen LogP contribution in [0, 0.1) is 0 Å². The molecule has 0 bridgehead atoms. The zero-order valence-electron chi connectivity index (χ0n) is 11.9. The highest BCUT2D eigenvalue weighted by Gasteiger charge is 2.03. The number of aliphatic hydroxyl groups excluding tert-OH is 1. The van der Waals surface area contributed by atoms with E-state index in [9.17, 15) is 4.57 Å². The fourth-order valence-electron chi connectivity index (χ4n) is 1.08. The topological polar surface area (TPSA) is 63.1 Å². The predicted molar refractivity (Wildman–Crippen MR) is 109 cm³/mol. The van der Waals surface area contributed by atoms with Crippen LogP contribution in [0.15, 0.2) is 24.5 Å². The zero-order valence-corrected chi connectivity index (χ0v) is 18.9. The molecule has 0 aliphatic heterocycles. The van der Waals surface area contributed by atoms with E-state index in [0.29, 0.717) is 26.6 Å². The van der Waals surface area contributed by atoms with Gasteiger partial charge in [-0.1, -0.05) is 46.4 Å². The van der Waals surface area contributed by atoms with E-state index in [4.69, 9.17) is 63.1 Å². The molecule has 0 saturated carbocycles. The van der Waals surface area contributed by atoms with Gasteiger partial charge in [0, 0.05) is 18.3 Å². The second-order valence-electron chi connectivity index (χ2n) is 3.92. The minimum absolute atomic E-state index is 0.0656. The van der Waals surface area contributed by atoms with Crippen molar-refractivity contribution in [1.82, 2.24) is 9.97 Å². The highest BCUT2D eigenvalue weighted by Crippen LogP contribution is 2.61. The summed E-state index contributed by atoms with van der Waals surface area (Å²) < 4.78 is 9.51. The van der Waals surface area contributed by atoms with Gasteiger partial charge in [0.1, 0.15) is 10.3 Å². The molecular weight excluding hydrogens is 519 g/mol. The predicted octanol–water partition coefficient (Wildman–Crippen LogP) is 7.82. The molecule has 1 N–H and O–H groups in total. The Morgan fingerprint density at radius 1 is 0.880 bits per heavy atom. The number of aromatic nitrogens is 2. The Hall–Kier alpha value is 0.810. The first-order valence-corrected chi connectivity index (χ1v) is 12.4. The van der Waals surface area contributed by atoms with Crippen LogP contribution in [0.3, 0.4) is 0 Å². The van der Waals surface area contributed by atoms with Gasteiger partial charge in [-0.2, -0.15) is 0 Å². The summed E-state index contributed by atoms with van der Waals surface area (Å²) in [4.78, 5) is 7.52. The third kappa shape index (κ3) is 13.6. The number of alkyl halides is 1. The lowest BCUT2D eigenvalue weighted by molar-refractivity contribution is 0.281. The second kappa shape index (κ2) is 13.1. The van der Waals surface area contributed by atoms with Gasteiger partial charge in [0.2, 0.25) is 0 Å². The summed E-state index contributed by atoms with van der Waals surface area (Å²) in [5.74, 6) is 0.407. The van der Waals surface area contributed by atoms with Crippen LogP contribution >= 0.6 is 96.9 Å². The first-order valence-electron chi connectivity index (χ1n) is 5.93. The molecule has 0 aliphatic rings. The highest BCUT2D eigenvalue weighted by molar-refractivity contribution is 8.24. The van der Waals surface area contributed by atoms with Crippen molar-refractivity contribution in [3.63, 3.8) is 0 Å². The van der Waals surface area contributed by atoms with E-state index in [0.717, 1.165) is 5.56 Å². The monoisotopic (exact) mass is 524 g/mol. The van der Waals surface area contributed by atoms with Gasteiger partial charge in [-0.3, -0.25) is 4.57 Å². The lowest BCUT2D eigenvalue weighted by atomic mass is 10.3. The molecule has 0 spiro atoms. The number of aliphatic hydroxyl groups is 1. The number of pyridine rings is 2. The van der Waals surface area contributed by atoms with Crippen molar-refractivity contribution < 1.29 is 9.67 Å². The first-order chi connectivity index (χ1) is 11.5. The number of hydrogen-bond acceptors (Lipinski definition) is 4. The molecule has 140 valence electrons. The molecule has 0 aromatic carbocycles. The smallest absolute Gasteiger partial charge is 0.339 e. The first kappa shape index (κ1) is 25.8. The van der Waals surface area contributed by atoms with Crippen molar-refractivity contribution in [2.75, 3.05) is 0 Å². The Morgan fingerprint density at radius 2 is 1.24 bits per heavy atom. The van der Waals surface area contributed by atoms with Crippen molar-refractivity contribution in [2.24, 2.45) is 0 Å². The Kier molecular flexibility index (Phi) is 13.5. The largest absolute Gasteiger partial charge is 0.392 e. The van der Waals surface area contributed by atoms with Gasteiger partial charge in [0.15, 0.2) is 0 Å². The molecule has 25 heavy (non-hydrogen) atoms. The third-order valence-corrected chi connectivity index (χ3v) is 3.72. The van der Waals surface area contributed by atoms with Gasteiger partial charge in [0.05, 0.1) is 16.7 Å². The minimum atomic E-state index is -3.22. The molecular formula is C12H9Cl8N2O2P. The summed E-state index contributed by atoms with van der Waals surface area (Å²) in [6, 6.07) is 3.28. The summed E-state index contributed by atoms with van der Waals surface area (Å²) in [5, 5.41) is 6.78. The highest BCUT2D eigenvalue weighted by atomic mass is 36.0. The fraction of sp³-hybridized carbons (Fsp3) is 0.167. The molecule has 4 nitrogen and oxygen atoms in total. The fourth-order valence-corrected chi connectivity index (χ4v) is 1.81. The molecule has 0 unspecified atom stereocenters. The van der Waals surface area contributed by atoms with Crippen LogP contribution in [-0.2, 0) is 17.1 Å². The zero-order chi connectivity index (χ0) is 19.6. The van der Waals surface area contributed by atoms with Crippen LogP contribution in [0.25, 0.3) is 0 Å². The Balaban J connectivity index is 0.000000368. The molecule has 0 radical (unpaired) electrons. The van der Waals surface area contributed by atoms with E-state index in [1.165, 1.54) is 6.20 Å². The van der Waals surface area contributed by atoms with Gasteiger partial charge >= 0.3 is 5.20 Å². The molecule has 0 atom stereocenters. The summed E-state index contributed by atoms with van der Waals surface area (Å²) in [6.07, 6.45) is 3.08. The Morgan fingerprint density at radius 3 is 1.56 bits per heavy atom. The maximum absolute atomic E-state index is 9.51. The average Bonchev–Trinajstić information content (AvgIpc) is 2.52. The standard InChI is InChI=1S/C6H4Cl3N.C6H5Cl2NO.Cl3OP/c7-2-4-1-5(8)6(9)10-3-4;7-5-1-4(3-10)2-9-6(5)8;1-5(2,3)4/h1,3H,2H2;1-2,10H,3H2;. The van der Waals surface area contributed by atoms with Crippen molar-refractivity contribution in [3.8, 4) is 0 Å². The summed E-state index contributed by atoms with van der Waals surface area (Å²) >= 11 is 41.7. The van der Waals surface area contributed by atoms with E-state index in [1.807, 2.05) is 0 Å². The van der Waals surface area contributed by atoms with E-state index in [2.05, 4.69) is 43.7 Å². The second-order valence-corrected chi connectivity index (χ2v) is 12.4. The normalized spacial score (nSPS) is 10.3. The molecule has 0 fully saturated rings. The van der Waals surface area contributed by atoms with Crippen LogP contribution in [0.4, 0.5) is 0 Å².